The summed E-state index contributed by atoms with van der Waals surface area (Å²) in [6, 6.07) is 0. The molecule has 0 radical (unpaired) electrons. The van der Waals surface area contributed by atoms with Crippen molar-refractivity contribution in [3.8, 4) is 0 Å². The predicted octanol–water partition coefficient (Wildman–Crippen LogP) is 1.30. The molecule has 2 aliphatic heterocycles. The predicted molar refractivity (Wildman–Crippen MR) is 70.3 cm³/mol. The summed E-state index contributed by atoms with van der Waals surface area (Å²) < 4.78 is 0. The van der Waals surface area contributed by atoms with Gasteiger partial charge in [0.25, 0.3) is 0 Å². The van der Waals surface area contributed by atoms with Crippen molar-refractivity contribution in [2.24, 2.45) is 5.92 Å². The van der Waals surface area contributed by atoms with E-state index >= 15 is 0 Å². The molecule has 0 spiro atoms. The molecule has 102 valence electrons. The summed E-state index contributed by atoms with van der Waals surface area (Å²) in [6.07, 6.45) is 3.34. The molecule has 2 heterocycles. The molecular weight excluding hydrogens is 228 g/mol. The zero-order valence-electron chi connectivity index (χ0n) is 11.7. The number of amides is 1. The van der Waals surface area contributed by atoms with Crippen molar-refractivity contribution in [1.82, 2.24) is 9.80 Å². The number of hydrogen-bond acceptors (Lipinski definition) is 3. The van der Waals surface area contributed by atoms with Gasteiger partial charge in [0.2, 0.25) is 5.91 Å². The second-order valence-electron chi connectivity index (χ2n) is 6.23. The highest BCUT2D eigenvalue weighted by molar-refractivity contribution is 5.95. The molecule has 0 unspecified atom stereocenters. The molecule has 4 heteroatoms. The molecule has 0 aromatic heterocycles. The Morgan fingerprint density at radius 2 is 1.89 bits per heavy atom. The summed E-state index contributed by atoms with van der Waals surface area (Å²) in [7, 11) is 2.13. The average Bonchev–Trinajstić information content (AvgIpc) is 2.57. The fourth-order valence-corrected chi connectivity index (χ4v) is 3.01. The van der Waals surface area contributed by atoms with E-state index < -0.39 is 5.54 Å². The largest absolute Gasteiger partial charge is 0.330 e. The van der Waals surface area contributed by atoms with Gasteiger partial charge in [0.05, 0.1) is 5.54 Å². The molecule has 2 rings (SSSR count). The van der Waals surface area contributed by atoms with Crippen molar-refractivity contribution in [2.45, 2.75) is 45.1 Å². The second kappa shape index (κ2) is 5.00. The van der Waals surface area contributed by atoms with Crippen LogP contribution in [-0.4, -0.2) is 53.7 Å². The van der Waals surface area contributed by atoms with Crippen LogP contribution in [0.1, 0.15) is 39.5 Å². The zero-order valence-corrected chi connectivity index (χ0v) is 11.7. The van der Waals surface area contributed by atoms with E-state index in [0.29, 0.717) is 25.3 Å². The van der Waals surface area contributed by atoms with Gasteiger partial charge in [0.15, 0.2) is 5.78 Å². The molecule has 0 N–H and O–H groups in total. The van der Waals surface area contributed by atoms with Crippen LogP contribution in [0.2, 0.25) is 0 Å². The third kappa shape index (κ3) is 2.58. The number of carbonyl (C=O) groups is 2. The van der Waals surface area contributed by atoms with Gasteiger partial charge in [0, 0.05) is 19.4 Å². The standard InChI is InChI=1S/C14H24N2O2/c1-14(2)12(17)6-9-16(14)13(18)10-11-4-7-15(3)8-5-11/h11H,4-10H2,1-3H3. The molecule has 0 aromatic rings. The van der Waals surface area contributed by atoms with Crippen LogP contribution in [0.5, 0.6) is 0 Å². The van der Waals surface area contributed by atoms with Gasteiger partial charge in [-0.25, -0.2) is 0 Å². The number of Topliss-reactive ketones (excluding diaryl/α,β-unsaturated/α-hetero) is 1. The van der Waals surface area contributed by atoms with Crippen molar-refractivity contribution in [3.05, 3.63) is 0 Å². The third-order valence-corrected chi connectivity index (χ3v) is 4.52. The number of piperidine rings is 1. The van der Waals surface area contributed by atoms with E-state index in [0.717, 1.165) is 25.9 Å². The van der Waals surface area contributed by atoms with Crippen molar-refractivity contribution >= 4 is 11.7 Å². The van der Waals surface area contributed by atoms with Crippen LogP contribution in [-0.2, 0) is 9.59 Å². The van der Waals surface area contributed by atoms with Crippen molar-refractivity contribution in [1.29, 1.82) is 0 Å². The molecule has 18 heavy (non-hydrogen) atoms. The minimum absolute atomic E-state index is 0.167. The number of rotatable bonds is 2. The van der Waals surface area contributed by atoms with Gasteiger partial charge in [0.1, 0.15) is 0 Å². The summed E-state index contributed by atoms with van der Waals surface area (Å²) in [5, 5.41) is 0. The first-order valence-electron chi connectivity index (χ1n) is 6.93. The Labute approximate surface area is 109 Å². The van der Waals surface area contributed by atoms with Crippen LogP contribution >= 0.6 is 0 Å². The van der Waals surface area contributed by atoms with Crippen molar-refractivity contribution in [2.75, 3.05) is 26.7 Å². The Balaban J connectivity index is 1.91. The average molecular weight is 252 g/mol. The lowest BCUT2D eigenvalue weighted by Crippen LogP contribution is -2.47. The molecule has 1 amide bonds. The second-order valence-corrected chi connectivity index (χ2v) is 6.23. The van der Waals surface area contributed by atoms with Crippen LogP contribution in [0.25, 0.3) is 0 Å². The Hall–Kier alpha value is -0.900. The number of ketones is 1. The third-order valence-electron chi connectivity index (χ3n) is 4.52. The molecule has 0 aliphatic carbocycles. The highest BCUT2D eigenvalue weighted by atomic mass is 16.2. The van der Waals surface area contributed by atoms with Gasteiger partial charge in [-0.2, -0.15) is 0 Å². The summed E-state index contributed by atoms with van der Waals surface area (Å²) in [4.78, 5) is 28.2. The first kappa shape index (κ1) is 13.5. The van der Waals surface area contributed by atoms with Crippen LogP contribution in [0, 0.1) is 5.92 Å². The van der Waals surface area contributed by atoms with Crippen molar-refractivity contribution in [3.63, 3.8) is 0 Å². The van der Waals surface area contributed by atoms with E-state index in [-0.39, 0.29) is 11.7 Å². The minimum atomic E-state index is -0.581. The smallest absolute Gasteiger partial charge is 0.223 e. The molecule has 0 saturated carbocycles. The quantitative estimate of drug-likeness (QED) is 0.744. The fourth-order valence-electron chi connectivity index (χ4n) is 3.01. The Bertz CT molecular complexity index is 344. The molecule has 2 aliphatic rings. The Morgan fingerprint density at radius 1 is 1.28 bits per heavy atom. The lowest BCUT2D eigenvalue weighted by molar-refractivity contribution is -0.139. The van der Waals surface area contributed by atoms with E-state index in [1.807, 2.05) is 13.8 Å². The van der Waals surface area contributed by atoms with Crippen LogP contribution < -0.4 is 0 Å². The maximum absolute atomic E-state index is 12.3. The maximum atomic E-state index is 12.3. The van der Waals surface area contributed by atoms with Crippen LogP contribution in [0.15, 0.2) is 0 Å². The summed E-state index contributed by atoms with van der Waals surface area (Å²) >= 11 is 0. The minimum Gasteiger partial charge on any atom is -0.330 e. The van der Waals surface area contributed by atoms with Gasteiger partial charge < -0.3 is 9.80 Å². The monoisotopic (exact) mass is 252 g/mol. The van der Waals surface area contributed by atoms with Gasteiger partial charge >= 0.3 is 0 Å². The lowest BCUT2D eigenvalue weighted by atomic mass is 9.92. The molecule has 4 nitrogen and oxygen atoms in total. The van der Waals surface area contributed by atoms with Gasteiger partial charge in [-0.3, -0.25) is 9.59 Å². The highest BCUT2D eigenvalue weighted by Crippen LogP contribution is 2.28. The number of likely N-dealkylation sites (tertiary alicyclic amines) is 2. The van der Waals surface area contributed by atoms with E-state index in [1.54, 1.807) is 4.90 Å². The summed E-state index contributed by atoms with van der Waals surface area (Å²) in [5.41, 5.74) is -0.581. The van der Waals surface area contributed by atoms with Crippen molar-refractivity contribution < 1.29 is 9.59 Å². The number of hydrogen-bond donors (Lipinski definition) is 0. The highest BCUT2D eigenvalue weighted by Gasteiger charge is 2.42. The van der Waals surface area contributed by atoms with E-state index in [9.17, 15) is 9.59 Å². The van der Waals surface area contributed by atoms with Crippen LogP contribution in [0.4, 0.5) is 0 Å². The Kier molecular flexibility index (Phi) is 3.76. The van der Waals surface area contributed by atoms with Crippen LogP contribution in [0.3, 0.4) is 0 Å². The zero-order chi connectivity index (χ0) is 13.3. The number of nitrogens with zero attached hydrogens (tertiary/aromatic N) is 2. The normalized spacial score (nSPS) is 25.7. The molecular formula is C14H24N2O2. The maximum Gasteiger partial charge on any atom is 0.223 e. The van der Waals surface area contributed by atoms with Gasteiger partial charge in [-0.15, -0.1) is 0 Å². The summed E-state index contributed by atoms with van der Waals surface area (Å²) in [5.74, 6) is 0.861. The molecule has 2 fully saturated rings. The number of carbonyl (C=O) groups excluding carboxylic acids is 2. The van der Waals surface area contributed by atoms with Gasteiger partial charge in [-0.1, -0.05) is 0 Å². The Morgan fingerprint density at radius 3 is 2.39 bits per heavy atom. The molecule has 0 atom stereocenters. The molecule has 0 aromatic carbocycles. The fraction of sp³-hybridized carbons (Fsp3) is 0.857. The van der Waals surface area contributed by atoms with Gasteiger partial charge in [-0.05, 0) is 52.7 Å². The van der Waals surface area contributed by atoms with E-state index in [2.05, 4.69) is 11.9 Å². The molecule has 0 bridgehead atoms. The SMILES string of the molecule is CN1CCC(CC(=O)N2CCC(=O)C2(C)C)CC1. The first-order chi connectivity index (χ1) is 8.41. The first-order valence-corrected chi connectivity index (χ1v) is 6.93. The van der Waals surface area contributed by atoms with E-state index in [4.69, 9.17) is 0 Å². The lowest BCUT2D eigenvalue weighted by Gasteiger charge is -2.33. The molecule has 2 saturated heterocycles. The van der Waals surface area contributed by atoms with E-state index in [1.165, 1.54) is 0 Å². The topological polar surface area (TPSA) is 40.6 Å². The summed E-state index contributed by atoms with van der Waals surface area (Å²) in [6.45, 7) is 6.52.